The number of imidazole rings is 1. The van der Waals surface area contributed by atoms with Crippen molar-refractivity contribution >= 4 is 28.5 Å². The molecule has 0 saturated carbocycles. The number of pyridine rings is 1. The van der Waals surface area contributed by atoms with E-state index >= 15 is 0 Å². The summed E-state index contributed by atoms with van der Waals surface area (Å²) in [5.74, 6) is 1.53. The van der Waals surface area contributed by atoms with Crippen molar-refractivity contribution in [2.75, 3.05) is 11.9 Å². The van der Waals surface area contributed by atoms with Crippen LogP contribution in [0.5, 0.6) is 0 Å². The molecule has 0 unspecified atom stereocenters. The van der Waals surface area contributed by atoms with Crippen LogP contribution in [0.1, 0.15) is 5.56 Å². The van der Waals surface area contributed by atoms with E-state index in [0.29, 0.717) is 5.02 Å². The van der Waals surface area contributed by atoms with E-state index in [9.17, 15) is 0 Å². The third kappa shape index (κ3) is 3.35. The summed E-state index contributed by atoms with van der Waals surface area (Å²) in [5, 5.41) is 4.06. The van der Waals surface area contributed by atoms with Crippen LogP contribution in [0, 0.1) is 0 Å². The first-order chi connectivity index (χ1) is 12.3. The quantitative estimate of drug-likeness (QED) is 0.537. The molecule has 0 aliphatic carbocycles. The molecule has 0 saturated heterocycles. The highest BCUT2D eigenvalue weighted by atomic mass is 35.5. The molecule has 2 aromatic carbocycles. The van der Waals surface area contributed by atoms with Crippen LogP contribution < -0.4 is 5.32 Å². The van der Waals surface area contributed by atoms with E-state index in [-0.39, 0.29) is 0 Å². The fraction of sp³-hybridized carbons (Fsp3) is 0.100. The zero-order chi connectivity index (χ0) is 17.1. The minimum Gasteiger partial charge on any atom is -0.368 e. The minimum absolute atomic E-state index is 0.674. The van der Waals surface area contributed by atoms with Gasteiger partial charge in [0.15, 0.2) is 5.82 Å². The van der Waals surface area contributed by atoms with E-state index < -0.39 is 0 Å². The SMILES string of the molecule is Clc1ccccc1-c1nc2c(NCCc3ccccc3)nccc2[nH]1. The van der Waals surface area contributed by atoms with Gasteiger partial charge in [-0.15, -0.1) is 0 Å². The first-order valence-corrected chi connectivity index (χ1v) is 8.56. The van der Waals surface area contributed by atoms with Crippen LogP contribution in [0.4, 0.5) is 5.82 Å². The monoisotopic (exact) mass is 348 g/mol. The van der Waals surface area contributed by atoms with Gasteiger partial charge in [-0.2, -0.15) is 0 Å². The smallest absolute Gasteiger partial charge is 0.154 e. The van der Waals surface area contributed by atoms with Crippen LogP contribution in [0.3, 0.4) is 0 Å². The third-order valence-corrected chi connectivity index (χ3v) is 4.41. The summed E-state index contributed by atoms with van der Waals surface area (Å²) in [6.07, 6.45) is 2.71. The number of benzene rings is 2. The van der Waals surface area contributed by atoms with Crippen LogP contribution >= 0.6 is 11.6 Å². The molecular weight excluding hydrogens is 332 g/mol. The van der Waals surface area contributed by atoms with E-state index in [1.807, 2.05) is 36.4 Å². The number of aromatic amines is 1. The summed E-state index contributed by atoms with van der Waals surface area (Å²) in [6.45, 7) is 0.796. The van der Waals surface area contributed by atoms with E-state index in [0.717, 1.165) is 41.2 Å². The Morgan fingerprint density at radius 2 is 1.76 bits per heavy atom. The largest absolute Gasteiger partial charge is 0.368 e. The maximum atomic E-state index is 6.29. The lowest BCUT2D eigenvalue weighted by molar-refractivity contribution is 1.01. The lowest BCUT2D eigenvalue weighted by atomic mass is 10.1. The van der Waals surface area contributed by atoms with E-state index in [1.54, 1.807) is 6.20 Å². The molecule has 0 amide bonds. The average Bonchev–Trinajstić information content (AvgIpc) is 3.08. The molecule has 4 aromatic rings. The Kier molecular flexibility index (Phi) is 4.36. The summed E-state index contributed by atoms with van der Waals surface area (Å²) < 4.78 is 0. The molecule has 0 aliphatic heterocycles. The number of fused-ring (bicyclic) bond motifs is 1. The van der Waals surface area contributed by atoms with Crippen LogP contribution in [0.15, 0.2) is 66.9 Å². The van der Waals surface area contributed by atoms with Crippen molar-refractivity contribution in [2.24, 2.45) is 0 Å². The van der Waals surface area contributed by atoms with Crippen LogP contribution in [-0.2, 0) is 6.42 Å². The van der Waals surface area contributed by atoms with Gasteiger partial charge in [0.05, 0.1) is 10.5 Å². The van der Waals surface area contributed by atoms with Gasteiger partial charge < -0.3 is 10.3 Å². The molecule has 0 aliphatic rings. The maximum Gasteiger partial charge on any atom is 0.154 e. The Morgan fingerprint density at radius 3 is 2.60 bits per heavy atom. The summed E-state index contributed by atoms with van der Waals surface area (Å²) in [6, 6.07) is 20.0. The molecule has 0 atom stereocenters. The van der Waals surface area contributed by atoms with Crippen LogP contribution in [0.2, 0.25) is 5.02 Å². The molecule has 0 bridgehead atoms. The molecule has 4 nitrogen and oxygen atoms in total. The molecule has 2 aromatic heterocycles. The zero-order valence-electron chi connectivity index (χ0n) is 13.5. The molecular formula is C20H17ClN4. The Balaban J connectivity index is 1.59. The topological polar surface area (TPSA) is 53.6 Å². The summed E-state index contributed by atoms with van der Waals surface area (Å²) in [7, 11) is 0. The minimum atomic E-state index is 0.674. The van der Waals surface area contributed by atoms with Gasteiger partial charge in [-0.3, -0.25) is 0 Å². The highest BCUT2D eigenvalue weighted by Crippen LogP contribution is 2.28. The lowest BCUT2D eigenvalue weighted by Crippen LogP contribution is -2.06. The number of nitrogens with one attached hydrogen (secondary N) is 2. The molecule has 0 fully saturated rings. The molecule has 4 rings (SSSR count). The second-order valence-corrected chi connectivity index (χ2v) is 6.19. The second-order valence-electron chi connectivity index (χ2n) is 5.78. The molecule has 5 heteroatoms. The van der Waals surface area contributed by atoms with Gasteiger partial charge in [-0.25, -0.2) is 9.97 Å². The summed E-state index contributed by atoms with van der Waals surface area (Å²) in [4.78, 5) is 12.5. The molecule has 124 valence electrons. The Morgan fingerprint density at radius 1 is 0.960 bits per heavy atom. The third-order valence-electron chi connectivity index (χ3n) is 4.08. The van der Waals surface area contributed by atoms with Crippen LogP contribution in [0.25, 0.3) is 22.4 Å². The number of rotatable bonds is 5. The summed E-state index contributed by atoms with van der Waals surface area (Å²) >= 11 is 6.29. The van der Waals surface area contributed by atoms with Gasteiger partial charge in [0, 0.05) is 18.3 Å². The number of H-pyrrole nitrogens is 1. The van der Waals surface area contributed by atoms with Crippen molar-refractivity contribution in [3.63, 3.8) is 0 Å². The second kappa shape index (κ2) is 6.95. The fourth-order valence-corrected chi connectivity index (χ4v) is 3.04. The number of aromatic nitrogens is 3. The first-order valence-electron chi connectivity index (χ1n) is 8.19. The molecule has 0 radical (unpaired) electrons. The van der Waals surface area contributed by atoms with Crippen LogP contribution in [-0.4, -0.2) is 21.5 Å². The number of hydrogen-bond acceptors (Lipinski definition) is 3. The van der Waals surface area contributed by atoms with Crippen molar-refractivity contribution < 1.29 is 0 Å². The number of hydrogen-bond donors (Lipinski definition) is 2. The molecule has 2 heterocycles. The van der Waals surface area contributed by atoms with E-state index in [2.05, 4.69) is 39.6 Å². The van der Waals surface area contributed by atoms with Crippen molar-refractivity contribution in [1.82, 2.24) is 15.0 Å². The number of nitrogens with zero attached hydrogens (tertiary/aromatic N) is 2. The first kappa shape index (κ1) is 15.7. The van der Waals surface area contributed by atoms with Gasteiger partial charge >= 0.3 is 0 Å². The number of anilines is 1. The normalized spacial score (nSPS) is 10.9. The number of halogens is 1. The van der Waals surface area contributed by atoms with E-state index in [4.69, 9.17) is 16.6 Å². The van der Waals surface area contributed by atoms with Crippen molar-refractivity contribution in [2.45, 2.75) is 6.42 Å². The van der Waals surface area contributed by atoms with Crippen molar-refractivity contribution in [3.8, 4) is 11.4 Å². The Hall–Kier alpha value is -2.85. The van der Waals surface area contributed by atoms with Gasteiger partial charge in [-0.05, 0) is 30.2 Å². The maximum absolute atomic E-state index is 6.29. The highest BCUT2D eigenvalue weighted by molar-refractivity contribution is 6.33. The molecule has 0 spiro atoms. The lowest BCUT2D eigenvalue weighted by Gasteiger charge is -2.06. The zero-order valence-corrected chi connectivity index (χ0v) is 14.3. The molecule has 25 heavy (non-hydrogen) atoms. The molecule has 2 N–H and O–H groups in total. The standard InChI is InChI=1S/C20H17ClN4/c21-16-9-5-4-8-15(16)19-24-17-11-13-23-20(18(17)25-19)22-12-10-14-6-2-1-3-7-14/h1-9,11,13H,10,12H2,(H,22,23)(H,24,25). The Bertz CT molecular complexity index is 995. The predicted molar refractivity (Wildman–Crippen MR) is 103 cm³/mol. The van der Waals surface area contributed by atoms with Gasteiger partial charge in [0.1, 0.15) is 11.3 Å². The highest BCUT2D eigenvalue weighted by Gasteiger charge is 2.11. The van der Waals surface area contributed by atoms with E-state index in [1.165, 1.54) is 5.56 Å². The van der Waals surface area contributed by atoms with Crippen molar-refractivity contribution in [1.29, 1.82) is 0 Å². The Labute approximate surface area is 150 Å². The summed E-state index contributed by atoms with van der Waals surface area (Å²) in [5.41, 5.74) is 3.94. The van der Waals surface area contributed by atoms with Crippen molar-refractivity contribution in [3.05, 3.63) is 77.4 Å². The predicted octanol–water partition coefficient (Wildman–Crippen LogP) is 4.93. The average molecular weight is 349 g/mol. The van der Waals surface area contributed by atoms with Gasteiger partial charge in [0.25, 0.3) is 0 Å². The van der Waals surface area contributed by atoms with Gasteiger partial charge in [0.2, 0.25) is 0 Å². The fourth-order valence-electron chi connectivity index (χ4n) is 2.82. The van der Waals surface area contributed by atoms with Gasteiger partial charge in [-0.1, -0.05) is 54.1 Å².